The van der Waals surface area contributed by atoms with Gasteiger partial charge in [0.25, 0.3) is 0 Å². The van der Waals surface area contributed by atoms with Crippen LogP contribution in [0.5, 0.6) is 5.75 Å². The minimum Gasteiger partial charge on any atom is -0.497 e. The summed E-state index contributed by atoms with van der Waals surface area (Å²) in [5.74, 6) is 0.927. The van der Waals surface area contributed by atoms with Crippen molar-refractivity contribution in [1.82, 2.24) is 0 Å². The molecule has 0 bridgehead atoms. The standard InChI is InChI=1S/C18H18O2/c1-20-17-13-11-16(12-14-17)18(19)10-6-5-9-15-7-3-2-4-8-15/h2-5,7-9,11-14H,6,10H2,1H3/b9-5+. The molecule has 0 N–H and O–H groups in total. The quantitative estimate of drug-likeness (QED) is 0.726. The van der Waals surface area contributed by atoms with E-state index in [1.807, 2.05) is 66.7 Å². The number of hydrogen-bond acceptors (Lipinski definition) is 2. The number of ether oxygens (including phenoxy) is 1. The number of carbonyl (C=O) groups is 1. The van der Waals surface area contributed by atoms with Crippen LogP contribution < -0.4 is 4.74 Å². The highest BCUT2D eigenvalue weighted by atomic mass is 16.5. The summed E-state index contributed by atoms with van der Waals surface area (Å²) >= 11 is 0. The lowest BCUT2D eigenvalue weighted by Gasteiger charge is -2.01. The Balaban J connectivity index is 1.84. The number of Topliss-reactive ketones (excluding diaryl/α,β-unsaturated/α-hetero) is 1. The van der Waals surface area contributed by atoms with E-state index in [9.17, 15) is 4.79 Å². The Bertz CT molecular complexity index is 568. The van der Waals surface area contributed by atoms with Gasteiger partial charge in [-0.25, -0.2) is 0 Å². The highest BCUT2D eigenvalue weighted by Crippen LogP contribution is 2.13. The van der Waals surface area contributed by atoms with Crippen molar-refractivity contribution in [1.29, 1.82) is 0 Å². The van der Waals surface area contributed by atoms with Crippen LogP contribution in [0.25, 0.3) is 6.08 Å². The van der Waals surface area contributed by atoms with Crippen molar-refractivity contribution in [3.8, 4) is 5.75 Å². The third kappa shape index (κ3) is 4.09. The van der Waals surface area contributed by atoms with Gasteiger partial charge in [0.15, 0.2) is 5.78 Å². The van der Waals surface area contributed by atoms with E-state index in [1.54, 1.807) is 7.11 Å². The summed E-state index contributed by atoms with van der Waals surface area (Å²) in [5, 5.41) is 0. The van der Waals surface area contributed by atoms with Crippen LogP contribution in [0, 0.1) is 0 Å². The maximum atomic E-state index is 12.0. The third-order valence-electron chi connectivity index (χ3n) is 3.06. The van der Waals surface area contributed by atoms with Crippen molar-refractivity contribution >= 4 is 11.9 Å². The fraction of sp³-hybridized carbons (Fsp3) is 0.167. The largest absolute Gasteiger partial charge is 0.497 e. The van der Waals surface area contributed by atoms with E-state index in [0.29, 0.717) is 6.42 Å². The lowest BCUT2D eigenvalue weighted by atomic mass is 10.1. The van der Waals surface area contributed by atoms with Gasteiger partial charge < -0.3 is 4.74 Å². The highest BCUT2D eigenvalue weighted by Gasteiger charge is 2.04. The molecule has 2 aromatic rings. The Labute approximate surface area is 119 Å². The van der Waals surface area contributed by atoms with E-state index in [-0.39, 0.29) is 5.78 Å². The van der Waals surface area contributed by atoms with Crippen LogP contribution in [0.15, 0.2) is 60.7 Å². The van der Waals surface area contributed by atoms with Gasteiger partial charge in [0, 0.05) is 12.0 Å². The minimum absolute atomic E-state index is 0.158. The maximum absolute atomic E-state index is 12.0. The predicted octanol–water partition coefficient (Wildman–Crippen LogP) is 4.37. The van der Waals surface area contributed by atoms with Gasteiger partial charge in [-0.1, -0.05) is 42.5 Å². The van der Waals surface area contributed by atoms with E-state index in [4.69, 9.17) is 4.74 Å². The number of hydrogen-bond donors (Lipinski definition) is 0. The molecule has 0 unspecified atom stereocenters. The summed E-state index contributed by atoms with van der Waals surface area (Å²) < 4.78 is 5.07. The van der Waals surface area contributed by atoms with Gasteiger partial charge >= 0.3 is 0 Å². The zero-order chi connectivity index (χ0) is 14.2. The summed E-state index contributed by atoms with van der Waals surface area (Å²) in [6, 6.07) is 17.3. The number of carbonyl (C=O) groups excluding carboxylic acids is 1. The molecular weight excluding hydrogens is 248 g/mol. The van der Waals surface area contributed by atoms with Crippen LogP contribution in [-0.4, -0.2) is 12.9 Å². The fourth-order valence-corrected chi connectivity index (χ4v) is 1.92. The zero-order valence-electron chi connectivity index (χ0n) is 11.6. The predicted molar refractivity (Wildman–Crippen MR) is 82.0 cm³/mol. The van der Waals surface area contributed by atoms with E-state index in [0.717, 1.165) is 23.3 Å². The van der Waals surface area contributed by atoms with E-state index in [1.165, 1.54) is 0 Å². The lowest BCUT2D eigenvalue weighted by molar-refractivity contribution is 0.0983. The summed E-state index contributed by atoms with van der Waals surface area (Å²) in [4.78, 5) is 12.0. The number of methoxy groups -OCH3 is 1. The molecule has 0 heterocycles. The van der Waals surface area contributed by atoms with Crippen molar-refractivity contribution in [2.24, 2.45) is 0 Å². The monoisotopic (exact) mass is 266 g/mol. The van der Waals surface area contributed by atoms with Gasteiger partial charge in [0.2, 0.25) is 0 Å². The molecule has 0 spiro atoms. The second-order valence-corrected chi connectivity index (χ2v) is 4.50. The Kier molecular flexibility index (Phi) is 5.13. The van der Waals surface area contributed by atoms with Gasteiger partial charge in [-0.05, 0) is 36.2 Å². The number of allylic oxidation sites excluding steroid dienone is 1. The molecular formula is C18H18O2. The molecule has 2 aromatic carbocycles. The second-order valence-electron chi connectivity index (χ2n) is 4.50. The zero-order valence-corrected chi connectivity index (χ0v) is 11.6. The smallest absolute Gasteiger partial charge is 0.163 e. The topological polar surface area (TPSA) is 26.3 Å². The fourth-order valence-electron chi connectivity index (χ4n) is 1.92. The van der Waals surface area contributed by atoms with Gasteiger partial charge in [-0.15, -0.1) is 0 Å². The first-order valence-electron chi connectivity index (χ1n) is 6.68. The molecule has 0 saturated carbocycles. The van der Waals surface area contributed by atoms with Crippen LogP contribution in [0.1, 0.15) is 28.8 Å². The summed E-state index contributed by atoms with van der Waals surface area (Å²) in [6.45, 7) is 0. The highest BCUT2D eigenvalue weighted by molar-refractivity contribution is 5.96. The molecule has 0 atom stereocenters. The van der Waals surface area contributed by atoms with Crippen molar-refractivity contribution in [3.63, 3.8) is 0 Å². The molecule has 2 rings (SSSR count). The Morgan fingerprint density at radius 1 is 1.05 bits per heavy atom. The lowest BCUT2D eigenvalue weighted by Crippen LogP contribution is -1.97. The van der Waals surface area contributed by atoms with Crippen molar-refractivity contribution in [3.05, 3.63) is 71.8 Å². The average Bonchev–Trinajstić information content (AvgIpc) is 2.52. The van der Waals surface area contributed by atoms with Gasteiger partial charge in [-0.3, -0.25) is 4.79 Å². The Morgan fingerprint density at radius 3 is 2.40 bits per heavy atom. The van der Waals surface area contributed by atoms with E-state index >= 15 is 0 Å². The van der Waals surface area contributed by atoms with E-state index in [2.05, 4.69) is 0 Å². The molecule has 2 heteroatoms. The molecule has 102 valence electrons. The summed E-state index contributed by atoms with van der Waals surface area (Å²) in [5.41, 5.74) is 1.89. The molecule has 0 saturated heterocycles. The normalized spacial score (nSPS) is 10.7. The van der Waals surface area contributed by atoms with Crippen LogP contribution in [0.3, 0.4) is 0 Å². The molecule has 0 fully saturated rings. The first kappa shape index (κ1) is 14.1. The van der Waals surface area contributed by atoms with E-state index < -0.39 is 0 Å². The Morgan fingerprint density at radius 2 is 1.75 bits per heavy atom. The SMILES string of the molecule is COc1ccc(C(=O)CC/C=C/c2ccccc2)cc1. The van der Waals surface area contributed by atoms with Gasteiger partial charge in [0.05, 0.1) is 7.11 Å². The van der Waals surface area contributed by atoms with Crippen LogP contribution in [0.4, 0.5) is 0 Å². The van der Waals surface area contributed by atoms with Crippen molar-refractivity contribution in [2.45, 2.75) is 12.8 Å². The molecule has 0 aromatic heterocycles. The number of rotatable bonds is 6. The molecule has 0 aliphatic heterocycles. The third-order valence-corrected chi connectivity index (χ3v) is 3.06. The molecule has 0 amide bonds. The van der Waals surface area contributed by atoms with Gasteiger partial charge in [-0.2, -0.15) is 0 Å². The number of benzene rings is 2. The average molecular weight is 266 g/mol. The summed E-state index contributed by atoms with van der Waals surface area (Å²) in [7, 11) is 1.62. The molecule has 0 aliphatic carbocycles. The van der Waals surface area contributed by atoms with Crippen LogP contribution >= 0.6 is 0 Å². The van der Waals surface area contributed by atoms with Gasteiger partial charge in [0.1, 0.15) is 5.75 Å². The first-order chi connectivity index (χ1) is 9.79. The second kappa shape index (κ2) is 7.29. The molecule has 2 nitrogen and oxygen atoms in total. The van der Waals surface area contributed by atoms with Crippen LogP contribution in [-0.2, 0) is 0 Å². The molecule has 20 heavy (non-hydrogen) atoms. The van der Waals surface area contributed by atoms with Crippen LogP contribution in [0.2, 0.25) is 0 Å². The van der Waals surface area contributed by atoms with Crippen molar-refractivity contribution < 1.29 is 9.53 Å². The first-order valence-corrected chi connectivity index (χ1v) is 6.68. The molecule has 0 aliphatic rings. The maximum Gasteiger partial charge on any atom is 0.163 e. The molecule has 0 radical (unpaired) electrons. The Hall–Kier alpha value is -2.35. The number of ketones is 1. The minimum atomic E-state index is 0.158. The van der Waals surface area contributed by atoms with Crippen molar-refractivity contribution in [2.75, 3.05) is 7.11 Å². The summed E-state index contributed by atoms with van der Waals surface area (Å²) in [6.07, 6.45) is 5.35.